The fourth-order valence-electron chi connectivity index (χ4n) is 2.07. The summed E-state index contributed by atoms with van der Waals surface area (Å²) in [5.74, 6) is -0.757. The molecule has 0 heterocycles. The Bertz CT molecular complexity index is 601. The molecule has 104 valence electrons. The molecule has 0 spiro atoms. The summed E-state index contributed by atoms with van der Waals surface area (Å²) < 4.78 is 13.9. The van der Waals surface area contributed by atoms with E-state index in [0.29, 0.717) is 16.6 Å². The molecule has 2 rings (SSSR count). The molecule has 0 aliphatic carbocycles. The number of rotatable bonds is 4. The van der Waals surface area contributed by atoms with Gasteiger partial charge in [0.15, 0.2) is 0 Å². The molecule has 2 nitrogen and oxygen atoms in total. The first-order valence-corrected chi connectivity index (χ1v) is 7.22. The first-order valence-electron chi connectivity index (χ1n) is 6.42. The zero-order valence-corrected chi connectivity index (χ0v) is 12.7. The molecule has 0 bridgehead atoms. The van der Waals surface area contributed by atoms with E-state index in [-0.39, 0.29) is 17.6 Å². The minimum atomic E-state index is -0.378. The van der Waals surface area contributed by atoms with Gasteiger partial charge in [-0.3, -0.25) is 4.79 Å². The van der Waals surface area contributed by atoms with Crippen molar-refractivity contribution in [1.82, 2.24) is 0 Å². The SMILES string of the molecule is CCC(C(=O)Nc1cc(F)ccc1Br)c1ccccc1. The Balaban J connectivity index is 2.20. The third-order valence-electron chi connectivity index (χ3n) is 3.11. The van der Waals surface area contributed by atoms with Gasteiger partial charge in [-0.25, -0.2) is 4.39 Å². The Hall–Kier alpha value is -1.68. The van der Waals surface area contributed by atoms with E-state index >= 15 is 0 Å². The zero-order valence-electron chi connectivity index (χ0n) is 11.1. The number of anilines is 1. The monoisotopic (exact) mass is 335 g/mol. The lowest BCUT2D eigenvalue weighted by Gasteiger charge is -2.16. The zero-order chi connectivity index (χ0) is 14.5. The summed E-state index contributed by atoms with van der Waals surface area (Å²) in [7, 11) is 0. The summed E-state index contributed by atoms with van der Waals surface area (Å²) in [5, 5.41) is 2.77. The molecule has 4 heteroatoms. The van der Waals surface area contributed by atoms with E-state index in [0.717, 1.165) is 5.56 Å². The predicted octanol–water partition coefficient (Wildman–Crippen LogP) is 4.72. The van der Waals surface area contributed by atoms with Crippen LogP contribution >= 0.6 is 15.9 Å². The van der Waals surface area contributed by atoms with Crippen molar-refractivity contribution in [3.63, 3.8) is 0 Å². The predicted molar refractivity (Wildman–Crippen MR) is 82.2 cm³/mol. The van der Waals surface area contributed by atoms with Gasteiger partial charge in [0.05, 0.1) is 11.6 Å². The van der Waals surface area contributed by atoms with E-state index in [4.69, 9.17) is 0 Å². The fraction of sp³-hybridized carbons (Fsp3) is 0.188. The lowest BCUT2D eigenvalue weighted by molar-refractivity contribution is -0.117. The van der Waals surface area contributed by atoms with Gasteiger partial charge in [0.2, 0.25) is 5.91 Å². The molecule has 2 aromatic rings. The highest BCUT2D eigenvalue weighted by molar-refractivity contribution is 9.10. The van der Waals surface area contributed by atoms with Crippen LogP contribution in [-0.2, 0) is 4.79 Å². The van der Waals surface area contributed by atoms with Gasteiger partial charge in [-0.2, -0.15) is 0 Å². The van der Waals surface area contributed by atoms with Crippen LogP contribution in [0, 0.1) is 5.82 Å². The summed E-state index contributed by atoms with van der Waals surface area (Å²) in [4.78, 5) is 12.4. The van der Waals surface area contributed by atoms with Crippen LogP contribution in [0.1, 0.15) is 24.8 Å². The van der Waals surface area contributed by atoms with Crippen LogP contribution in [0.5, 0.6) is 0 Å². The van der Waals surface area contributed by atoms with Crippen molar-refractivity contribution < 1.29 is 9.18 Å². The van der Waals surface area contributed by atoms with Crippen molar-refractivity contribution >= 4 is 27.5 Å². The Morgan fingerprint density at radius 3 is 2.60 bits per heavy atom. The highest BCUT2D eigenvalue weighted by Crippen LogP contribution is 2.26. The van der Waals surface area contributed by atoms with E-state index in [2.05, 4.69) is 21.2 Å². The van der Waals surface area contributed by atoms with Crippen molar-refractivity contribution in [3.8, 4) is 0 Å². The molecule has 0 saturated heterocycles. The summed E-state index contributed by atoms with van der Waals surface area (Å²) in [6.45, 7) is 1.96. The summed E-state index contributed by atoms with van der Waals surface area (Å²) in [6, 6.07) is 13.8. The van der Waals surface area contributed by atoms with Gasteiger partial charge < -0.3 is 5.32 Å². The number of halogens is 2. The van der Waals surface area contributed by atoms with Crippen LogP contribution < -0.4 is 5.32 Å². The average molecular weight is 336 g/mol. The van der Waals surface area contributed by atoms with E-state index in [1.165, 1.54) is 12.1 Å². The van der Waals surface area contributed by atoms with Crippen LogP contribution in [0.15, 0.2) is 53.0 Å². The second-order valence-electron chi connectivity index (χ2n) is 4.48. The first kappa shape index (κ1) is 14.7. The lowest BCUT2D eigenvalue weighted by Crippen LogP contribution is -2.21. The number of carbonyl (C=O) groups excluding carboxylic acids is 1. The van der Waals surface area contributed by atoms with Gasteiger partial charge in [-0.1, -0.05) is 37.3 Å². The number of benzene rings is 2. The third kappa shape index (κ3) is 3.45. The summed E-state index contributed by atoms with van der Waals surface area (Å²) in [6.07, 6.45) is 0.683. The first-order chi connectivity index (χ1) is 9.61. The quantitative estimate of drug-likeness (QED) is 0.860. The molecule has 0 aliphatic rings. The number of carbonyl (C=O) groups is 1. The second kappa shape index (κ2) is 6.66. The van der Waals surface area contributed by atoms with Gasteiger partial charge in [-0.15, -0.1) is 0 Å². The second-order valence-corrected chi connectivity index (χ2v) is 5.34. The third-order valence-corrected chi connectivity index (χ3v) is 3.80. The maximum absolute atomic E-state index is 13.2. The fourth-order valence-corrected chi connectivity index (χ4v) is 2.42. The maximum atomic E-state index is 13.2. The van der Waals surface area contributed by atoms with Crippen molar-refractivity contribution in [2.24, 2.45) is 0 Å². The van der Waals surface area contributed by atoms with E-state index in [1.54, 1.807) is 6.07 Å². The number of nitrogens with one attached hydrogen (secondary N) is 1. The highest BCUT2D eigenvalue weighted by atomic mass is 79.9. The van der Waals surface area contributed by atoms with Crippen molar-refractivity contribution in [1.29, 1.82) is 0 Å². The highest BCUT2D eigenvalue weighted by Gasteiger charge is 2.19. The van der Waals surface area contributed by atoms with E-state index in [9.17, 15) is 9.18 Å². The minimum Gasteiger partial charge on any atom is -0.324 e. The van der Waals surface area contributed by atoms with Crippen LogP contribution in [0.3, 0.4) is 0 Å². The van der Waals surface area contributed by atoms with Crippen LogP contribution in [0.25, 0.3) is 0 Å². The molecular weight excluding hydrogens is 321 g/mol. The Kier molecular flexibility index (Phi) is 4.90. The molecule has 0 aromatic heterocycles. The van der Waals surface area contributed by atoms with Crippen LogP contribution in [0.4, 0.5) is 10.1 Å². The molecular formula is C16H15BrFNO. The lowest BCUT2D eigenvalue weighted by atomic mass is 9.95. The topological polar surface area (TPSA) is 29.1 Å². The van der Waals surface area contributed by atoms with Gasteiger partial charge >= 0.3 is 0 Å². The van der Waals surface area contributed by atoms with Gasteiger partial charge in [0, 0.05) is 4.47 Å². The standard InChI is InChI=1S/C16H15BrFNO/c1-2-13(11-6-4-3-5-7-11)16(20)19-15-10-12(18)8-9-14(15)17/h3-10,13H,2H2,1H3,(H,19,20). The van der Waals surface area contributed by atoms with E-state index < -0.39 is 0 Å². The Morgan fingerprint density at radius 2 is 1.95 bits per heavy atom. The normalized spacial score (nSPS) is 11.9. The molecule has 0 saturated carbocycles. The number of hydrogen-bond donors (Lipinski definition) is 1. The Morgan fingerprint density at radius 1 is 1.25 bits per heavy atom. The van der Waals surface area contributed by atoms with Crippen LogP contribution in [0.2, 0.25) is 0 Å². The van der Waals surface area contributed by atoms with Gasteiger partial charge in [0.1, 0.15) is 5.82 Å². The van der Waals surface area contributed by atoms with E-state index in [1.807, 2.05) is 37.3 Å². The Labute approximate surface area is 126 Å². The van der Waals surface area contributed by atoms with Crippen molar-refractivity contribution in [2.45, 2.75) is 19.3 Å². The molecule has 0 aliphatic heterocycles. The summed E-state index contributed by atoms with van der Waals surface area (Å²) >= 11 is 3.30. The van der Waals surface area contributed by atoms with Crippen molar-refractivity contribution in [3.05, 3.63) is 64.4 Å². The largest absolute Gasteiger partial charge is 0.324 e. The number of hydrogen-bond acceptors (Lipinski definition) is 1. The van der Waals surface area contributed by atoms with Crippen molar-refractivity contribution in [2.75, 3.05) is 5.32 Å². The molecule has 2 aromatic carbocycles. The smallest absolute Gasteiger partial charge is 0.231 e. The molecule has 1 atom stereocenters. The average Bonchev–Trinajstić information content (AvgIpc) is 2.45. The number of amides is 1. The molecule has 0 radical (unpaired) electrons. The molecule has 20 heavy (non-hydrogen) atoms. The van der Waals surface area contributed by atoms with Gasteiger partial charge in [-0.05, 0) is 46.1 Å². The molecule has 1 unspecified atom stereocenters. The minimum absolute atomic E-state index is 0.134. The molecule has 1 amide bonds. The molecule has 0 fully saturated rings. The molecule has 1 N–H and O–H groups in total. The van der Waals surface area contributed by atoms with Gasteiger partial charge in [0.25, 0.3) is 0 Å². The maximum Gasteiger partial charge on any atom is 0.231 e. The van der Waals surface area contributed by atoms with Crippen LogP contribution in [-0.4, -0.2) is 5.91 Å². The summed E-state index contributed by atoms with van der Waals surface area (Å²) in [5.41, 5.74) is 1.41.